The number of rotatable bonds is 4. The highest BCUT2D eigenvalue weighted by molar-refractivity contribution is 6.42. The number of amides is 1. The summed E-state index contributed by atoms with van der Waals surface area (Å²) < 4.78 is 10.3. The molecule has 35 heavy (non-hydrogen) atoms. The molecule has 1 amide bonds. The number of hydrogen-bond donors (Lipinski definition) is 4. The van der Waals surface area contributed by atoms with Gasteiger partial charge >= 0.3 is 12.1 Å². The summed E-state index contributed by atoms with van der Waals surface area (Å²) in [6.45, 7) is 0. The van der Waals surface area contributed by atoms with Crippen molar-refractivity contribution >= 4 is 35.3 Å². The number of ether oxygens (including phenoxy) is 2. The van der Waals surface area contributed by atoms with Crippen LogP contribution >= 0.6 is 23.2 Å². The zero-order chi connectivity index (χ0) is 25.4. The van der Waals surface area contributed by atoms with E-state index in [1.807, 2.05) is 36.4 Å². The van der Waals surface area contributed by atoms with E-state index in [1.165, 1.54) is 11.9 Å². The summed E-state index contributed by atoms with van der Waals surface area (Å²) in [4.78, 5) is 25.6. The van der Waals surface area contributed by atoms with Crippen LogP contribution in [-0.2, 0) is 14.3 Å². The third-order valence-corrected chi connectivity index (χ3v) is 7.33. The van der Waals surface area contributed by atoms with Crippen molar-refractivity contribution in [3.05, 3.63) is 69.2 Å². The highest BCUT2D eigenvalue weighted by atomic mass is 35.5. The summed E-state index contributed by atoms with van der Waals surface area (Å²) in [6, 6.07) is 12.8. The van der Waals surface area contributed by atoms with Gasteiger partial charge in [0.2, 0.25) is 6.29 Å². The molecule has 0 unspecified atom stereocenters. The maximum absolute atomic E-state index is 13.0. The first-order chi connectivity index (χ1) is 16.6. The van der Waals surface area contributed by atoms with Gasteiger partial charge in [-0.05, 0) is 41.7 Å². The second-order valence-corrected chi connectivity index (χ2v) is 9.49. The fraction of sp³-hybridized carbons (Fsp3) is 0.417. The molecular weight excluding hydrogens is 501 g/mol. The molecule has 4 N–H and O–H groups in total. The predicted molar refractivity (Wildman–Crippen MR) is 125 cm³/mol. The second-order valence-electron chi connectivity index (χ2n) is 8.68. The topological polar surface area (TPSA) is 137 Å². The molecule has 1 heterocycles. The molecule has 4 rings (SSSR count). The van der Waals surface area contributed by atoms with Crippen LogP contribution < -0.4 is 0 Å². The Kier molecular flexibility index (Phi) is 7.56. The molecule has 1 aliphatic heterocycles. The lowest BCUT2D eigenvalue weighted by molar-refractivity contribution is -0.280. The van der Waals surface area contributed by atoms with E-state index < -0.39 is 42.8 Å². The Morgan fingerprint density at radius 2 is 1.66 bits per heavy atom. The van der Waals surface area contributed by atoms with E-state index in [4.69, 9.17) is 32.7 Å². The zero-order valence-corrected chi connectivity index (χ0v) is 20.1. The number of aliphatic hydroxyl groups excluding tert-OH is 3. The molecule has 9 nitrogen and oxygen atoms in total. The summed E-state index contributed by atoms with van der Waals surface area (Å²) in [5.41, 5.74) is 2.92. The lowest BCUT2D eigenvalue weighted by Gasteiger charge is -2.40. The molecule has 1 fully saturated rings. The Morgan fingerprint density at radius 3 is 2.31 bits per heavy atom. The first kappa shape index (κ1) is 25.7. The van der Waals surface area contributed by atoms with Gasteiger partial charge in [0.1, 0.15) is 18.3 Å². The van der Waals surface area contributed by atoms with Gasteiger partial charge < -0.3 is 34.8 Å². The summed E-state index contributed by atoms with van der Waals surface area (Å²) in [7, 11) is 1.53. The normalized spacial score (nSPS) is 30.3. The van der Waals surface area contributed by atoms with Crippen molar-refractivity contribution in [3.63, 3.8) is 0 Å². The first-order valence-corrected chi connectivity index (χ1v) is 11.8. The number of benzene rings is 2. The van der Waals surface area contributed by atoms with Gasteiger partial charge in [0.05, 0.1) is 16.1 Å². The average Bonchev–Trinajstić information content (AvgIpc) is 2.84. The molecule has 0 saturated carbocycles. The molecular formula is C24H25Cl2NO8. The molecule has 0 aromatic heterocycles. The Bertz CT molecular complexity index is 1110. The van der Waals surface area contributed by atoms with Gasteiger partial charge in [-0.25, -0.2) is 9.59 Å². The summed E-state index contributed by atoms with van der Waals surface area (Å²) in [5.74, 6) is -1.52. The van der Waals surface area contributed by atoms with Crippen molar-refractivity contribution in [2.75, 3.05) is 7.05 Å². The van der Waals surface area contributed by atoms with E-state index in [0.29, 0.717) is 22.9 Å². The number of fused-ring (bicyclic) bond motifs is 1. The highest BCUT2D eigenvalue weighted by Gasteiger charge is 2.49. The molecule has 2 aromatic rings. The maximum Gasteiger partial charge on any atom is 0.412 e. The lowest BCUT2D eigenvalue weighted by atomic mass is 9.76. The van der Waals surface area contributed by atoms with Crippen LogP contribution in [0.4, 0.5) is 4.79 Å². The van der Waals surface area contributed by atoms with Gasteiger partial charge in [0.25, 0.3) is 0 Å². The van der Waals surface area contributed by atoms with Crippen LogP contribution in [0.3, 0.4) is 0 Å². The Morgan fingerprint density at radius 1 is 0.971 bits per heavy atom. The number of carboxylic acid groups (broad SMARTS) is 1. The molecule has 0 radical (unpaired) electrons. The van der Waals surface area contributed by atoms with Crippen molar-refractivity contribution in [1.82, 2.24) is 4.90 Å². The number of aliphatic carboxylic acids is 1. The number of nitrogens with zero attached hydrogens (tertiary/aromatic N) is 1. The largest absolute Gasteiger partial charge is 0.479 e. The van der Waals surface area contributed by atoms with Crippen molar-refractivity contribution in [3.8, 4) is 0 Å². The van der Waals surface area contributed by atoms with E-state index in [1.54, 1.807) is 6.07 Å². The molecule has 1 aliphatic carbocycles. The van der Waals surface area contributed by atoms with E-state index >= 15 is 0 Å². The van der Waals surface area contributed by atoms with Gasteiger partial charge in [0.15, 0.2) is 6.10 Å². The van der Waals surface area contributed by atoms with Crippen LogP contribution in [-0.4, -0.2) is 75.1 Å². The fourth-order valence-electron chi connectivity index (χ4n) is 4.70. The minimum absolute atomic E-state index is 0.0399. The molecule has 7 atom stereocenters. The van der Waals surface area contributed by atoms with E-state index in [9.17, 15) is 30.0 Å². The lowest BCUT2D eigenvalue weighted by Crippen LogP contribution is -2.61. The number of aliphatic hydroxyl groups is 3. The standard InChI is InChI=1S/C24H25Cl2NO8/c1-27(24(33)35-23-20(30)18(28)19(29)21(34-23)22(31)32)17-9-7-12(13-4-2-3-5-14(13)17)11-6-8-15(25)16(26)10-11/h2-6,8,10,12,17-21,23,28-30H,7,9H2,1H3,(H,31,32)/t12-,17-,18+,19+,20-,21+,23+/m0/s1. The van der Waals surface area contributed by atoms with Gasteiger partial charge in [-0.15, -0.1) is 0 Å². The highest BCUT2D eigenvalue weighted by Crippen LogP contribution is 2.44. The minimum atomic E-state index is -1.88. The third-order valence-electron chi connectivity index (χ3n) is 6.59. The Labute approximate surface area is 211 Å². The van der Waals surface area contributed by atoms with E-state index in [-0.39, 0.29) is 12.0 Å². The molecule has 1 saturated heterocycles. The van der Waals surface area contributed by atoms with Crippen LogP contribution in [0.5, 0.6) is 0 Å². The van der Waals surface area contributed by atoms with Crippen molar-refractivity contribution in [1.29, 1.82) is 0 Å². The van der Waals surface area contributed by atoms with E-state index in [0.717, 1.165) is 16.7 Å². The van der Waals surface area contributed by atoms with Gasteiger partial charge in [0, 0.05) is 13.0 Å². The smallest absolute Gasteiger partial charge is 0.412 e. The number of carbonyl (C=O) groups excluding carboxylic acids is 1. The number of halogens is 2. The van der Waals surface area contributed by atoms with Crippen LogP contribution in [0.2, 0.25) is 10.0 Å². The van der Waals surface area contributed by atoms with Crippen molar-refractivity contribution < 1.29 is 39.5 Å². The predicted octanol–water partition coefficient (Wildman–Crippen LogP) is 2.92. The van der Waals surface area contributed by atoms with Gasteiger partial charge in [-0.1, -0.05) is 53.5 Å². The van der Waals surface area contributed by atoms with Crippen LogP contribution in [0.15, 0.2) is 42.5 Å². The molecule has 0 bridgehead atoms. The van der Waals surface area contributed by atoms with E-state index in [2.05, 4.69) is 0 Å². The van der Waals surface area contributed by atoms with Gasteiger partial charge in [-0.2, -0.15) is 0 Å². The molecule has 11 heteroatoms. The van der Waals surface area contributed by atoms with Crippen molar-refractivity contribution in [2.24, 2.45) is 0 Å². The first-order valence-electron chi connectivity index (χ1n) is 11.0. The Balaban J connectivity index is 1.54. The quantitative estimate of drug-likeness (QED) is 0.478. The average molecular weight is 526 g/mol. The number of carboxylic acids is 1. The Hall–Kier alpha value is -2.40. The minimum Gasteiger partial charge on any atom is -0.479 e. The molecule has 2 aromatic carbocycles. The molecule has 0 spiro atoms. The molecule has 188 valence electrons. The van der Waals surface area contributed by atoms with Crippen LogP contribution in [0.25, 0.3) is 0 Å². The monoisotopic (exact) mass is 525 g/mol. The number of hydrogen-bond acceptors (Lipinski definition) is 7. The summed E-state index contributed by atoms with van der Waals surface area (Å²) in [5, 5.41) is 40.1. The summed E-state index contributed by atoms with van der Waals surface area (Å²) in [6.07, 6.45) is -8.79. The molecule has 2 aliphatic rings. The second kappa shape index (κ2) is 10.3. The van der Waals surface area contributed by atoms with Crippen molar-refractivity contribution in [2.45, 2.75) is 55.5 Å². The fourth-order valence-corrected chi connectivity index (χ4v) is 5.01. The zero-order valence-electron chi connectivity index (χ0n) is 18.6. The van der Waals surface area contributed by atoms with Crippen LogP contribution in [0.1, 0.15) is 41.5 Å². The number of carbonyl (C=O) groups is 2. The van der Waals surface area contributed by atoms with Crippen LogP contribution in [0, 0.1) is 0 Å². The SMILES string of the molecule is CN(C(=O)O[C@H]1O[C@@H](C(=O)O)[C@H](O)[C@@H](O)[C@@H]1O)[C@H]1CC[C@@H](c2ccc(Cl)c(Cl)c2)c2ccccc21. The maximum atomic E-state index is 13.0. The third kappa shape index (κ3) is 4.97. The van der Waals surface area contributed by atoms with Gasteiger partial charge in [-0.3, -0.25) is 0 Å². The summed E-state index contributed by atoms with van der Waals surface area (Å²) >= 11 is 12.3.